The molecule has 0 spiro atoms. The number of H-pyrrole nitrogens is 1. The molecule has 37 heavy (non-hydrogen) atoms. The van der Waals surface area contributed by atoms with Crippen LogP contribution in [0.5, 0.6) is 0 Å². The van der Waals surface area contributed by atoms with Gasteiger partial charge >= 0.3 is 0 Å². The average molecular weight is 494 g/mol. The minimum atomic E-state index is -0.878. The third kappa shape index (κ3) is 4.68. The van der Waals surface area contributed by atoms with Crippen LogP contribution in [0.15, 0.2) is 67.4 Å². The van der Waals surface area contributed by atoms with E-state index < -0.39 is 17.1 Å². The van der Waals surface area contributed by atoms with Crippen molar-refractivity contribution in [2.75, 3.05) is 10.6 Å². The number of nitrogens with zero attached hydrogens (tertiary/aromatic N) is 6. The Labute approximate surface area is 210 Å². The normalized spacial score (nSPS) is 11.2. The van der Waals surface area contributed by atoms with Crippen LogP contribution in [0.1, 0.15) is 30.0 Å². The molecule has 4 aromatic heterocycles. The van der Waals surface area contributed by atoms with Gasteiger partial charge in [-0.05, 0) is 56.3 Å². The number of amides is 1. The Morgan fingerprint density at radius 3 is 2.78 bits per heavy atom. The summed E-state index contributed by atoms with van der Waals surface area (Å²) < 4.78 is 14.6. The lowest BCUT2D eigenvalue weighted by atomic mass is 9.91. The van der Waals surface area contributed by atoms with Crippen LogP contribution in [0.3, 0.4) is 0 Å². The van der Waals surface area contributed by atoms with Crippen molar-refractivity contribution in [3.8, 4) is 17.3 Å². The molecule has 0 radical (unpaired) electrons. The van der Waals surface area contributed by atoms with E-state index in [2.05, 4.69) is 46.6 Å². The predicted octanol–water partition coefficient (Wildman–Crippen LogP) is 4.75. The molecule has 0 atom stereocenters. The van der Waals surface area contributed by atoms with E-state index in [9.17, 15) is 14.4 Å². The fourth-order valence-electron chi connectivity index (χ4n) is 3.65. The molecule has 0 saturated carbocycles. The number of anilines is 3. The van der Waals surface area contributed by atoms with Crippen LogP contribution >= 0.6 is 0 Å². The molecule has 5 aromatic rings. The zero-order chi connectivity index (χ0) is 26.0. The summed E-state index contributed by atoms with van der Waals surface area (Å²) in [6.07, 6.45) is 4.57. The molecular weight excluding hydrogens is 473 g/mol. The standard InChI is InChI=1S/C26H20FN9O/c1-26(2,12-28)20-7-3-6-18(35-20)25(37)36-19-11-15(8-9-17(19)27)34-23-16(5-4-10-29-23)21-22-24(32-13-30-21)33-14-31-22/h3-11,13-14H,1-2H3,(H,29,34)(H,36,37)(H,30,31,32,33). The molecule has 0 unspecified atom stereocenters. The topological polar surface area (TPSA) is 145 Å². The fraction of sp³-hybridized carbons (Fsp3) is 0.115. The zero-order valence-electron chi connectivity index (χ0n) is 19.8. The lowest BCUT2D eigenvalue weighted by Crippen LogP contribution is -2.20. The van der Waals surface area contributed by atoms with Gasteiger partial charge in [0.1, 0.15) is 34.9 Å². The van der Waals surface area contributed by atoms with Gasteiger partial charge < -0.3 is 15.6 Å². The molecule has 0 saturated heterocycles. The Morgan fingerprint density at radius 1 is 1.08 bits per heavy atom. The first-order valence-electron chi connectivity index (χ1n) is 11.2. The van der Waals surface area contributed by atoms with Gasteiger partial charge in [0.05, 0.1) is 29.2 Å². The molecular formula is C26H20FN9O. The Morgan fingerprint density at radius 2 is 1.95 bits per heavy atom. The number of carbonyl (C=O) groups excluding carboxylic acids is 1. The summed E-state index contributed by atoms with van der Waals surface area (Å²) in [5.41, 5.74) is 2.51. The van der Waals surface area contributed by atoms with Crippen molar-refractivity contribution in [3.63, 3.8) is 0 Å². The van der Waals surface area contributed by atoms with Gasteiger partial charge in [-0.3, -0.25) is 4.79 Å². The van der Waals surface area contributed by atoms with Crippen LogP contribution in [0, 0.1) is 17.1 Å². The van der Waals surface area contributed by atoms with Crippen LogP contribution in [0.25, 0.3) is 22.4 Å². The number of halogens is 1. The number of imidazole rings is 1. The molecule has 1 amide bonds. The smallest absolute Gasteiger partial charge is 0.274 e. The Hall–Kier alpha value is -5.24. The minimum absolute atomic E-state index is 0.0442. The molecule has 4 heterocycles. The fourth-order valence-corrected chi connectivity index (χ4v) is 3.65. The Kier molecular flexibility index (Phi) is 5.99. The number of benzene rings is 1. The van der Waals surface area contributed by atoms with Crippen LogP contribution in [-0.4, -0.2) is 35.8 Å². The predicted molar refractivity (Wildman–Crippen MR) is 135 cm³/mol. The number of nitrogens with one attached hydrogen (secondary N) is 3. The Balaban J connectivity index is 1.43. The maximum atomic E-state index is 14.6. The molecule has 0 aliphatic rings. The lowest BCUT2D eigenvalue weighted by Gasteiger charge is -2.15. The highest BCUT2D eigenvalue weighted by Crippen LogP contribution is 2.31. The second-order valence-electron chi connectivity index (χ2n) is 8.64. The monoisotopic (exact) mass is 493 g/mol. The van der Waals surface area contributed by atoms with E-state index in [1.165, 1.54) is 36.9 Å². The van der Waals surface area contributed by atoms with E-state index in [4.69, 9.17) is 0 Å². The first kappa shape index (κ1) is 23.5. The maximum Gasteiger partial charge on any atom is 0.274 e. The van der Waals surface area contributed by atoms with E-state index in [-0.39, 0.29) is 11.4 Å². The molecule has 0 fully saturated rings. The van der Waals surface area contributed by atoms with Crippen molar-refractivity contribution in [2.24, 2.45) is 0 Å². The third-order valence-corrected chi connectivity index (χ3v) is 5.66. The van der Waals surface area contributed by atoms with E-state index in [0.717, 1.165) is 0 Å². The molecule has 1 aromatic carbocycles. The summed E-state index contributed by atoms with van der Waals surface area (Å²) in [6.45, 7) is 3.41. The van der Waals surface area contributed by atoms with Crippen molar-refractivity contribution in [3.05, 3.63) is 84.6 Å². The summed E-state index contributed by atoms with van der Waals surface area (Å²) in [5.74, 6) is -0.759. The van der Waals surface area contributed by atoms with Gasteiger partial charge in [0.2, 0.25) is 0 Å². The van der Waals surface area contributed by atoms with Crippen LogP contribution in [-0.2, 0) is 5.41 Å². The maximum absolute atomic E-state index is 14.6. The number of hydrogen-bond acceptors (Lipinski definition) is 8. The van der Waals surface area contributed by atoms with Gasteiger partial charge in [-0.25, -0.2) is 29.3 Å². The first-order valence-corrected chi connectivity index (χ1v) is 11.2. The average Bonchev–Trinajstić information content (AvgIpc) is 3.40. The first-order chi connectivity index (χ1) is 17.9. The van der Waals surface area contributed by atoms with Gasteiger partial charge in [0.15, 0.2) is 5.65 Å². The molecule has 3 N–H and O–H groups in total. The van der Waals surface area contributed by atoms with Crippen molar-refractivity contribution < 1.29 is 9.18 Å². The van der Waals surface area contributed by atoms with Crippen molar-refractivity contribution in [1.82, 2.24) is 29.9 Å². The summed E-state index contributed by atoms with van der Waals surface area (Å²) in [5, 5.41) is 15.1. The van der Waals surface area contributed by atoms with E-state index in [1.807, 2.05) is 6.07 Å². The van der Waals surface area contributed by atoms with E-state index >= 15 is 0 Å². The number of pyridine rings is 2. The van der Waals surface area contributed by atoms with Crippen molar-refractivity contribution in [2.45, 2.75) is 19.3 Å². The number of rotatable bonds is 6. The van der Waals surface area contributed by atoms with Gasteiger partial charge in [-0.15, -0.1) is 0 Å². The summed E-state index contributed by atoms with van der Waals surface area (Å²) in [4.78, 5) is 37.3. The molecule has 0 aliphatic heterocycles. The number of nitriles is 1. The lowest BCUT2D eigenvalue weighted by molar-refractivity contribution is 0.102. The Bertz CT molecular complexity index is 1670. The van der Waals surface area contributed by atoms with E-state index in [0.29, 0.717) is 39.6 Å². The quantitative estimate of drug-likeness (QED) is 0.307. The molecule has 10 nitrogen and oxygen atoms in total. The van der Waals surface area contributed by atoms with Crippen molar-refractivity contribution >= 4 is 34.3 Å². The zero-order valence-corrected chi connectivity index (χ0v) is 19.8. The highest BCUT2D eigenvalue weighted by molar-refractivity contribution is 6.03. The highest BCUT2D eigenvalue weighted by Gasteiger charge is 2.23. The van der Waals surface area contributed by atoms with Gasteiger partial charge in [-0.2, -0.15) is 5.26 Å². The highest BCUT2D eigenvalue weighted by atomic mass is 19.1. The third-order valence-electron chi connectivity index (χ3n) is 5.66. The second kappa shape index (κ2) is 9.43. The van der Waals surface area contributed by atoms with E-state index in [1.54, 1.807) is 38.2 Å². The van der Waals surface area contributed by atoms with Gasteiger partial charge in [0, 0.05) is 17.4 Å². The summed E-state index contributed by atoms with van der Waals surface area (Å²) in [7, 11) is 0. The number of carbonyl (C=O) groups is 1. The summed E-state index contributed by atoms with van der Waals surface area (Å²) in [6, 6.07) is 14.8. The van der Waals surface area contributed by atoms with Gasteiger partial charge in [-0.1, -0.05) is 6.07 Å². The molecule has 0 aliphatic carbocycles. The minimum Gasteiger partial charge on any atom is -0.341 e. The SMILES string of the molecule is CC(C)(C#N)c1cccc(C(=O)Nc2cc(Nc3ncccc3-c3ncnc4nc[nH]c34)ccc2F)n1. The number of aromatic amines is 1. The van der Waals surface area contributed by atoms with Crippen LogP contribution in [0.4, 0.5) is 21.6 Å². The van der Waals surface area contributed by atoms with Gasteiger partial charge in [0.25, 0.3) is 5.91 Å². The second-order valence-corrected chi connectivity index (χ2v) is 8.64. The van der Waals surface area contributed by atoms with Crippen LogP contribution < -0.4 is 10.6 Å². The number of aromatic nitrogens is 6. The molecule has 0 bridgehead atoms. The van der Waals surface area contributed by atoms with Crippen LogP contribution in [0.2, 0.25) is 0 Å². The number of hydrogen-bond donors (Lipinski definition) is 3. The van der Waals surface area contributed by atoms with Crippen molar-refractivity contribution in [1.29, 1.82) is 5.26 Å². The number of fused-ring (bicyclic) bond motifs is 1. The molecule has 11 heteroatoms. The molecule has 5 rings (SSSR count). The largest absolute Gasteiger partial charge is 0.341 e. The molecule has 182 valence electrons. The summed E-state index contributed by atoms with van der Waals surface area (Å²) >= 11 is 0.